The molecule has 1 aromatic carbocycles. The number of hydrazine groups is 2. The molecule has 1 heterocycles. The van der Waals surface area contributed by atoms with E-state index in [1.165, 1.54) is 10.0 Å². The van der Waals surface area contributed by atoms with Crippen LogP contribution in [-0.2, 0) is 18.9 Å². The fourth-order valence-corrected chi connectivity index (χ4v) is 5.69. The second-order valence-electron chi connectivity index (χ2n) is 10.1. The summed E-state index contributed by atoms with van der Waals surface area (Å²) in [6.45, 7) is 7.20. The van der Waals surface area contributed by atoms with Crippen molar-refractivity contribution in [2.75, 3.05) is 26.4 Å². The minimum absolute atomic E-state index is 0.115. The molecule has 0 bridgehead atoms. The number of H-pyrrole nitrogens is 1. The van der Waals surface area contributed by atoms with Crippen molar-refractivity contribution < 1.29 is 38.1 Å². The van der Waals surface area contributed by atoms with E-state index in [0.717, 1.165) is 16.7 Å². The van der Waals surface area contributed by atoms with E-state index >= 15 is 0 Å². The number of carbonyl (C=O) groups excluding carboxylic acids is 4. The Kier molecular flexibility index (Phi) is 11.4. The van der Waals surface area contributed by atoms with E-state index < -0.39 is 36.5 Å². The zero-order valence-electron chi connectivity index (χ0n) is 25.9. The molecule has 4 rings (SSSR count). The molecule has 45 heavy (non-hydrogen) atoms. The van der Waals surface area contributed by atoms with E-state index in [0.29, 0.717) is 18.7 Å². The molecule has 14 heteroatoms. The lowest BCUT2D eigenvalue weighted by atomic mass is 9.82. The summed E-state index contributed by atoms with van der Waals surface area (Å²) in [5, 5.41) is 2.35. The van der Waals surface area contributed by atoms with Gasteiger partial charge in [0.1, 0.15) is 5.82 Å². The summed E-state index contributed by atoms with van der Waals surface area (Å²) in [7, 11) is 0. The number of rotatable bonds is 9. The van der Waals surface area contributed by atoms with Gasteiger partial charge in [0.05, 0.1) is 38.5 Å². The third-order valence-electron chi connectivity index (χ3n) is 7.42. The zero-order valence-corrected chi connectivity index (χ0v) is 25.9. The average molecular weight is 625 g/mol. The van der Waals surface area contributed by atoms with E-state index in [9.17, 15) is 19.2 Å². The summed E-state index contributed by atoms with van der Waals surface area (Å²) in [5.74, 6) is -0.209. The Balaban J connectivity index is 1.78. The summed E-state index contributed by atoms with van der Waals surface area (Å²) in [6.07, 6.45) is 9.08. The van der Waals surface area contributed by atoms with E-state index in [1.807, 2.05) is 42.5 Å². The number of aromatic amines is 1. The van der Waals surface area contributed by atoms with E-state index in [-0.39, 0.29) is 38.3 Å². The van der Waals surface area contributed by atoms with Crippen LogP contribution in [0.25, 0.3) is 11.4 Å². The summed E-state index contributed by atoms with van der Waals surface area (Å²) in [5.41, 5.74) is 7.51. The number of carbonyl (C=O) groups is 4. The maximum Gasteiger partial charge on any atom is 0.429 e. The molecule has 0 aliphatic heterocycles. The van der Waals surface area contributed by atoms with Crippen LogP contribution in [0.3, 0.4) is 0 Å². The first-order chi connectivity index (χ1) is 21.8. The van der Waals surface area contributed by atoms with Gasteiger partial charge in [-0.1, -0.05) is 42.5 Å². The number of hydrogen-bond acceptors (Lipinski definition) is 9. The normalized spacial score (nSPS) is 19.9. The van der Waals surface area contributed by atoms with Gasteiger partial charge in [0.15, 0.2) is 0 Å². The maximum absolute atomic E-state index is 13.1. The summed E-state index contributed by atoms with van der Waals surface area (Å²) in [6, 6.07) is 4.68. The van der Waals surface area contributed by atoms with Gasteiger partial charge in [-0.3, -0.25) is 0 Å². The Morgan fingerprint density at radius 2 is 1.24 bits per heavy atom. The molecule has 2 aliphatic carbocycles. The fraction of sp³-hybridized carbons (Fsp3) is 0.452. The highest BCUT2D eigenvalue weighted by Crippen LogP contribution is 2.43. The Morgan fingerprint density at radius 1 is 0.778 bits per heavy atom. The number of ether oxygens (including phenoxy) is 4. The van der Waals surface area contributed by atoms with Crippen LogP contribution in [0.4, 0.5) is 19.2 Å². The van der Waals surface area contributed by atoms with Crippen LogP contribution in [0.1, 0.15) is 63.5 Å². The minimum atomic E-state index is -0.775. The number of nitrogens with one attached hydrogen (secondary N) is 3. The second-order valence-corrected chi connectivity index (χ2v) is 10.1. The lowest BCUT2D eigenvalue weighted by Crippen LogP contribution is -2.53. The van der Waals surface area contributed by atoms with Crippen LogP contribution < -0.4 is 10.9 Å². The number of aromatic nitrogens is 2. The molecule has 0 spiro atoms. The molecule has 0 saturated carbocycles. The van der Waals surface area contributed by atoms with Gasteiger partial charge < -0.3 is 23.9 Å². The molecule has 1 aromatic heterocycles. The van der Waals surface area contributed by atoms with Gasteiger partial charge in [-0.25, -0.2) is 45.0 Å². The molecule has 0 saturated heterocycles. The van der Waals surface area contributed by atoms with Crippen molar-refractivity contribution in [3.05, 3.63) is 66.0 Å². The van der Waals surface area contributed by atoms with Crippen LogP contribution in [0.2, 0.25) is 0 Å². The van der Waals surface area contributed by atoms with Crippen molar-refractivity contribution >= 4 is 24.4 Å². The van der Waals surface area contributed by atoms with Gasteiger partial charge >= 0.3 is 24.4 Å². The molecule has 242 valence electrons. The van der Waals surface area contributed by atoms with Crippen LogP contribution in [-0.4, -0.2) is 82.9 Å². The van der Waals surface area contributed by atoms with Crippen LogP contribution >= 0.6 is 0 Å². The van der Waals surface area contributed by atoms with E-state index in [1.54, 1.807) is 40.1 Å². The third kappa shape index (κ3) is 7.56. The Morgan fingerprint density at radius 3 is 1.64 bits per heavy atom. The van der Waals surface area contributed by atoms with Gasteiger partial charge in [-0.15, -0.1) is 0 Å². The third-order valence-corrected chi connectivity index (χ3v) is 7.42. The van der Waals surface area contributed by atoms with Crippen LogP contribution in [0.15, 0.2) is 54.9 Å². The molecule has 2 aromatic rings. The van der Waals surface area contributed by atoms with Gasteiger partial charge in [0.2, 0.25) is 0 Å². The first kappa shape index (κ1) is 32.9. The molecular weight excluding hydrogens is 584 g/mol. The molecule has 3 unspecified atom stereocenters. The van der Waals surface area contributed by atoms with Gasteiger partial charge in [-0.05, 0) is 51.7 Å². The monoisotopic (exact) mass is 624 g/mol. The smallest absolute Gasteiger partial charge is 0.429 e. The molecule has 14 nitrogen and oxygen atoms in total. The Bertz CT molecular complexity index is 1310. The predicted molar refractivity (Wildman–Crippen MR) is 163 cm³/mol. The van der Waals surface area contributed by atoms with Crippen molar-refractivity contribution in [1.82, 2.24) is 30.8 Å². The number of imidazole rings is 1. The topological polar surface area (TPSA) is 164 Å². The Labute approximate surface area is 261 Å². The van der Waals surface area contributed by atoms with Crippen molar-refractivity contribution in [2.45, 2.75) is 64.5 Å². The Hall–Kier alpha value is -5.01. The summed E-state index contributed by atoms with van der Waals surface area (Å²) < 4.78 is 20.7. The first-order valence-electron chi connectivity index (χ1n) is 15.1. The quantitative estimate of drug-likeness (QED) is 0.195. The number of hydrogen-bond donors (Lipinski definition) is 3. The largest absolute Gasteiger partial charge is 0.449 e. The minimum Gasteiger partial charge on any atom is -0.449 e. The SMILES string of the molecule is CCOC(=O)NN(C(=O)OCC)C1CC=CC1c1cccc([C@H]2C=CCC2N(NC(=O)OCC)C(=O)OCC)c1-c1ncc[nH]1. The highest BCUT2D eigenvalue weighted by molar-refractivity contribution is 5.76. The average Bonchev–Trinajstić information content (AvgIpc) is 3.81. The number of benzene rings is 1. The molecule has 2 aliphatic rings. The van der Waals surface area contributed by atoms with Crippen molar-refractivity contribution in [3.63, 3.8) is 0 Å². The molecule has 0 radical (unpaired) electrons. The molecule has 3 N–H and O–H groups in total. The lowest BCUT2D eigenvalue weighted by molar-refractivity contribution is 0.0538. The van der Waals surface area contributed by atoms with Crippen molar-refractivity contribution in [3.8, 4) is 11.4 Å². The maximum atomic E-state index is 13.1. The number of amides is 4. The first-order valence-corrected chi connectivity index (χ1v) is 15.1. The molecule has 4 atom stereocenters. The van der Waals surface area contributed by atoms with Gasteiger partial charge in [0, 0.05) is 29.8 Å². The van der Waals surface area contributed by atoms with E-state index in [4.69, 9.17) is 18.9 Å². The summed E-state index contributed by atoms with van der Waals surface area (Å²) in [4.78, 5) is 58.9. The molecule has 4 amide bonds. The van der Waals surface area contributed by atoms with E-state index in [2.05, 4.69) is 20.8 Å². The van der Waals surface area contributed by atoms with Crippen LogP contribution in [0, 0.1) is 0 Å². The fourth-order valence-electron chi connectivity index (χ4n) is 5.69. The lowest BCUT2D eigenvalue weighted by Gasteiger charge is -2.34. The second kappa shape index (κ2) is 15.6. The predicted octanol–water partition coefficient (Wildman–Crippen LogP) is 5.14. The standard InChI is InChI=1S/C31H40N6O8/c1-5-42-28(38)34-36(30(40)44-7-3)24-16-10-12-20(24)22-14-9-15-23(26(22)27-32-18-19-33-27)21-13-11-17-25(21)37(31(41)45-8-4)35-29(39)43-6-2/h9-15,18-21,24-25H,5-8,16-17H2,1-4H3,(H,32,33)(H,34,38)(H,35,39)/t20-,21?,24?,25?/m1/s1. The van der Waals surface area contributed by atoms with Gasteiger partial charge in [-0.2, -0.15) is 0 Å². The highest BCUT2D eigenvalue weighted by atomic mass is 16.6. The summed E-state index contributed by atoms with van der Waals surface area (Å²) >= 11 is 0. The number of nitrogens with zero attached hydrogens (tertiary/aromatic N) is 3. The van der Waals surface area contributed by atoms with Gasteiger partial charge in [0.25, 0.3) is 0 Å². The van der Waals surface area contributed by atoms with Crippen molar-refractivity contribution in [2.24, 2.45) is 0 Å². The van der Waals surface area contributed by atoms with Crippen molar-refractivity contribution in [1.29, 1.82) is 0 Å². The molecular formula is C31H40N6O8. The van der Waals surface area contributed by atoms with Crippen LogP contribution in [0.5, 0.6) is 0 Å². The zero-order chi connectivity index (χ0) is 32.3. The molecule has 0 fully saturated rings. The highest BCUT2D eigenvalue weighted by Gasteiger charge is 2.40.